The Bertz CT molecular complexity index is 825. The number of aromatic amines is 1. The molecular formula is C16H16FN5O. The average Bonchev–Trinajstić information content (AvgIpc) is 3.18. The predicted molar refractivity (Wildman–Crippen MR) is 82.7 cm³/mol. The second-order valence-corrected chi connectivity index (χ2v) is 5.34. The second kappa shape index (κ2) is 6.04. The van der Waals surface area contributed by atoms with Gasteiger partial charge in [0.15, 0.2) is 0 Å². The molecular weight excluding hydrogens is 297 g/mol. The molecule has 3 rings (SSSR count). The SMILES string of the molecule is Cc1cnn(-c2ccc(C(C)NC(=O)c3ccn[nH]3)cc2F)c1. The summed E-state index contributed by atoms with van der Waals surface area (Å²) in [5.41, 5.74) is 2.35. The van der Waals surface area contributed by atoms with Crippen molar-refractivity contribution in [2.75, 3.05) is 0 Å². The second-order valence-electron chi connectivity index (χ2n) is 5.34. The van der Waals surface area contributed by atoms with Crippen LogP contribution in [0.3, 0.4) is 0 Å². The van der Waals surface area contributed by atoms with E-state index in [4.69, 9.17) is 0 Å². The van der Waals surface area contributed by atoms with E-state index in [1.807, 2.05) is 6.92 Å². The number of amides is 1. The van der Waals surface area contributed by atoms with Crippen LogP contribution in [0.4, 0.5) is 4.39 Å². The molecule has 0 radical (unpaired) electrons. The van der Waals surface area contributed by atoms with Gasteiger partial charge in [-0.05, 0) is 43.2 Å². The van der Waals surface area contributed by atoms with Gasteiger partial charge in [0, 0.05) is 12.4 Å². The van der Waals surface area contributed by atoms with Crippen molar-refractivity contribution in [2.45, 2.75) is 19.9 Å². The summed E-state index contributed by atoms with van der Waals surface area (Å²) >= 11 is 0. The van der Waals surface area contributed by atoms with Crippen LogP contribution in [0.25, 0.3) is 5.69 Å². The topological polar surface area (TPSA) is 75.6 Å². The van der Waals surface area contributed by atoms with Crippen LogP contribution in [-0.2, 0) is 0 Å². The third kappa shape index (κ3) is 3.13. The minimum atomic E-state index is -0.395. The smallest absolute Gasteiger partial charge is 0.269 e. The third-order valence-corrected chi connectivity index (χ3v) is 3.52. The van der Waals surface area contributed by atoms with Gasteiger partial charge in [-0.3, -0.25) is 9.89 Å². The van der Waals surface area contributed by atoms with Crippen molar-refractivity contribution in [1.82, 2.24) is 25.3 Å². The largest absolute Gasteiger partial charge is 0.344 e. The molecule has 0 saturated carbocycles. The molecule has 2 heterocycles. The highest BCUT2D eigenvalue weighted by Crippen LogP contribution is 2.20. The first-order valence-electron chi connectivity index (χ1n) is 7.16. The lowest BCUT2D eigenvalue weighted by Gasteiger charge is -2.15. The minimum Gasteiger partial charge on any atom is -0.344 e. The Morgan fingerprint density at radius 2 is 2.22 bits per heavy atom. The number of hydrogen-bond donors (Lipinski definition) is 2. The fourth-order valence-corrected chi connectivity index (χ4v) is 2.26. The standard InChI is InChI=1S/C16H16FN5O/c1-10-8-19-22(9-10)15-4-3-12(7-13(15)17)11(2)20-16(23)14-5-6-18-21-14/h3-9,11H,1-2H3,(H,18,21)(H,20,23). The summed E-state index contributed by atoms with van der Waals surface area (Å²) in [7, 11) is 0. The Hall–Kier alpha value is -2.96. The van der Waals surface area contributed by atoms with Crippen LogP contribution in [0, 0.1) is 12.7 Å². The molecule has 1 unspecified atom stereocenters. The van der Waals surface area contributed by atoms with E-state index in [1.165, 1.54) is 16.9 Å². The quantitative estimate of drug-likeness (QED) is 0.777. The Labute approximate surface area is 132 Å². The molecule has 0 aliphatic rings. The van der Waals surface area contributed by atoms with E-state index in [2.05, 4.69) is 20.6 Å². The van der Waals surface area contributed by atoms with E-state index >= 15 is 0 Å². The van der Waals surface area contributed by atoms with Crippen molar-refractivity contribution in [3.8, 4) is 5.69 Å². The third-order valence-electron chi connectivity index (χ3n) is 3.52. The van der Waals surface area contributed by atoms with Gasteiger partial charge < -0.3 is 5.32 Å². The maximum atomic E-state index is 14.3. The van der Waals surface area contributed by atoms with Crippen LogP contribution in [0.5, 0.6) is 0 Å². The lowest BCUT2D eigenvalue weighted by Crippen LogP contribution is -2.27. The van der Waals surface area contributed by atoms with Crippen LogP contribution in [0.1, 0.15) is 34.6 Å². The lowest BCUT2D eigenvalue weighted by molar-refractivity contribution is 0.0934. The molecule has 1 aromatic carbocycles. The van der Waals surface area contributed by atoms with Crippen LogP contribution < -0.4 is 5.32 Å². The molecule has 0 spiro atoms. The van der Waals surface area contributed by atoms with Crippen molar-refractivity contribution in [3.05, 3.63) is 65.5 Å². The number of aromatic nitrogens is 4. The normalized spacial score (nSPS) is 12.1. The number of benzene rings is 1. The van der Waals surface area contributed by atoms with Gasteiger partial charge in [0.2, 0.25) is 0 Å². The number of rotatable bonds is 4. The highest BCUT2D eigenvalue weighted by molar-refractivity contribution is 5.92. The van der Waals surface area contributed by atoms with Gasteiger partial charge >= 0.3 is 0 Å². The van der Waals surface area contributed by atoms with Crippen LogP contribution >= 0.6 is 0 Å². The molecule has 6 nitrogen and oxygen atoms in total. The van der Waals surface area contributed by atoms with Gasteiger partial charge in [-0.1, -0.05) is 6.07 Å². The molecule has 118 valence electrons. The Morgan fingerprint density at radius 1 is 1.39 bits per heavy atom. The Balaban J connectivity index is 1.78. The fourth-order valence-electron chi connectivity index (χ4n) is 2.26. The number of carbonyl (C=O) groups excluding carboxylic acids is 1. The van der Waals surface area contributed by atoms with E-state index in [9.17, 15) is 9.18 Å². The highest BCUT2D eigenvalue weighted by atomic mass is 19.1. The number of H-pyrrole nitrogens is 1. The lowest BCUT2D eigenvalue weighted by atomic mass is 10.1. The molecule has 0 fully saturated rings. The molecule has 2 aromatic heterocycles. The average molecular weight is 313 g/mol. The first kappa shape index (κ1) is 15.0. The zero-order valence-corrected chi connectivity index (χ0v) is 12.7. The number of hydrogen-bond acceptors (Lipinski definition) is 3. The number of nitrogens with zero attached hydrogens (tertiary/aromatic N) is 3. The maximum Gasteiger partial charge on any atom is 0.269 e. The van der Waals surface area contributed by atoms with Gasteiger partial charge in [0.25, 0.3) is 5.91 Å². The monoisotopic (exact) mass is 313 g/mol. The van der Waals surface area contributed by atoms with Crippen molar-refractivity contribution < 1.29 is 9.18 Å². The minimum absolute atomic E-state index is 0.290. The van der Waals surface area contributed by atoms with Crippen molar-refractivity contribution in [1.29, 1.82) is 0 Å². The van der Waals surface area contributed by atoms with Crippen molar-refractivity contribution in [2.24, 2.45) is 0 Å². The van der Waals surface area contributed by atoms with Crippen LogP contribution in [0.15, 0.2) is 42.9 Å². The van der Waals surface area contributed by atoms with E-state index in [0.29, 0.717) is 16.9 Å². The number of nitrogens with one attached hydrogen (secondary N) is 2. The molecule has 7 heteroatoms. The first-order valence-corrected chi connectivity index (χ1v) is 7.16. The molecule has 3 aromatic rings. The summed E-state index contributed by atoms with van der Waals surface area (Å²) in [5.74, 6) is -0.685. The van der Waals surface area contributed by atoms with Gasteiger partial charge in [0.05, 0.1) is 12.2 Å². The van der Waals surface area contributed by atoms with Gasteiger partial charge in [0.1, 0.15) is 17.2 Å². The van der Waals surface area contributed by atoms with Crippen LogP contribution in [0.2, 0.25) is 0 Å². The van der Waals surface area contributed by atoms with Crippen molar-refractivity contribution >= 4 is 5.91 Å². The molecule has 1 atom stereocenters. The number of aryl methyl sites for hydroxylation is 1. The molecule has 2 N–H and O–H groups in total. The Kier molecular flexibility index (Phi) is 3.92. The first-order chi connectivity index (χ1) is 11.0. The summed E-state index contributed by atoms with van der Waals surface area (Å²) in [6, 6.07) is 6.06. The molecule has 23 heavy (non-hydrogen) atoms. The molecule has 0 aliphatic carbocycles. The zero-order valence-electron chi connectivity index (χ0n) is 12.7. The highest BCUT2D eigenvalue weighted by Gasteiger charge is 2.14. The zero-order chi connectivity index (χ0) is 16.4. The fraction of sp³-hybridized carbons (Fsp3) is 0.188. The molecule has 0 bridgehead atoms. The number of carbonyl (C=O) groups is 1. The summed E-state index contributed by atoms with van der Waals surface area (Å²) in [6.45, 7) is 3.68. The van der Waals surface area contributed by atoms with E-state index in [-0.39, 0.29) is 11.9 Å². The maximum absolute atomic E-state index is 14.3. The van der Waals surface area contributed by atoms with E-state index < -0.39 is 5.82 Å². The van der Waals surface area contributed by atoms with Crippen LogP contribution in [-0.4, -0.2) is 25.9 Å². The van der Waals surface area contributed by atoms with Gasteiger partial charge in [-0.25, -0.2) is 9.07 Å². The van der Waals surface area contributed by atoms with E-state index in [0.717, 1.165) is 5.56 Å². The van der Waals surface area contributed by atoms with Crippen molar-refractivity contribution in [3.63, 3.8) is 0 Å². The predicted octanol–water partition coefficient (Wildman–Crippen LogP) is 2.53. The van der Waals surface area contributed by atoms with Gasteiger partial charge in [-0.2, -0.15) is 10.2 Å². The summed E-state index contributed by atoms with van der Waals surface area (Å²) < 4.78 is 15.8. The summed E-state index contributed by atoms with van der Waals surface area (Å²) in [5, 5.41) is 13.2. The summed E-state index contributed by atoms with van der Waals surface area (Å²) in [6.07, 6.45) is 4.92. The molecule has 0 aliphatic heterocycles. The van der Waals surface area contributed by atoms with Gasteiger partial charge in [-0.15, -0.1) is 0 Å². The van der Waals surface area contributed by atoms with E-state index in [1.54, 1.807) is 37.5 Å². The Morgan fingerprint density at radius 3 is 2.83 bits per heavy atom. The summed E-state index contributed by atoms with van der Waals surface area (Å²) in [4.78, 5) is 12.0. The molecule has 1 amide bonds. The molecule has 0 saturated heterocycles. The number of halogens is 1.